The molecule has 0 bridgehead atoms. The van der Waals surface area contributed by atoms with Crippen LogP contribution in [0.3, 0.4) is 0 Å². The molecule has 3 atom stereocenters. The monoisotopic (exact) mass is 668 g/mol. The number of halogens is 6. The summed E-state index contributed by atoms with van der Waals surface area (Å²) in [6.45, 7) is -0.339. The van der Waals surface area contributed by atoms with Gasteiger partial charge in [0.2, 0.25) is 5.91 Å². The predicted molar refractivity (Wildman–Crippen MR) is 157 cm³/mol. The molecule has 2 aliphatic carbocycles. The molecule has 8 nitrogen and oxygen atoms in total. The van der Waals surface area contributed by atoms with E-state index in [2.05, 4.69) is 25.7 Å². The van der Waals surface area contributed by atoms with Gasteiger partial charge in [0.1, 0.15) is 34.6 Å². The zero-order valence-electron chi connectivity index (χ0n) is 24.0. The maximum atomic E-state index is 15.1. The van der Waals surface area contributed by atoms with Gasteiger partial charge in [0.05, 0.1) is 16.4 Å². The van der Waals surface area contributed by atoms with Crippen LogP contribution in [-0.4, -0.2) is 31.6 Å². The molecule has 8 rings (SSSR count). The number of aromatic nitrogens is 4. The second-order valence-corrected chi connectivity index (χ2v) is 12.9. The molecule has 4 heterocycles. The lowest BCUT2D eigenvalue weighted by Gasteiger charge is -2.20. The largest absolute Gasteiger partial charge is 0.348 e. The Balaban J connectivity index is 1.11. The number of thiazole rings is 1. The molecule has 2 N–H and O–H groups in total. The van der Waals surface area contributed by atoms with E-state index in [-0.39, 0.29) is 35.6 Å². The summed E-state index contributed by atoms with van der Waals surface area (Å²) < 4.78 is 87.1. The first-order chi connectivity index (χ1) is 22.5. The molecule has 0 saturated heterocycles. The number of pyridine rings is 1. The molecule has 47 heavy (non-hydrogen) atoms. The maximum absolute atomic E-state index is 15.1. The minimum atomic E-state index is -3.41. The van der Waals surface area contributed by atoms with Crippen molar-refractivity contribution in [3.8, 4) is 10.6 Å². The average molecular weight is 669 g/mol. The first kappa shape index (κ1) is 29.6. The van der Waals surface area contributed by atoms with E-state index >= 15 is 8.78 Å². The number of carbonyl (C=O) groups is 2. The van der Waals surface area contributed by atoms with Crippen molar-refractivity contribution in [3.63, 3.8) is 0 Å². The third-order valence-electron chi connectivity index (χ3n) is 8.83. The minimum Gasteiger partial charge on any atom is -0.348 e. The SMILES string of the molecule is O=C(Cn1nc(C(F)F)c2c1C(F)(F)C1C[C@H]21)NC(Cc1cc(F)cc(F)c1)c1ccc2sc(-c3ccc4c(c3)C(=O)NC4)nc2n1. The van der Waals surface area contributed by atoms with Crippen LogP contribution >= 0.6 is 11.3 Å². The minimum absolute atomic E-state index is 0.0815. The van der Waals surface area contributed by atoms with Crippen molar-refractivity contribution in [3.05, 3.63) is 99.5 Å². The summed E-state index contributed by atoms with van der Waals surface area (Å²) in [5.74, 6) is -7.92. The van der Waals surface area contributed by atoms with Crippen molar-refractivity contribution in [1.82, 2.24) is 30.4 Å². The molecule has 240 valence electrons. The first-order valence-corrected chi connectivity index (χ1v) is 15.5. The normalized spacial score (nSPS) is 19.4. The van der Waals surface area contributed by atoms with Crippen LogP contribution < -0.4 is 10.6 Å². The van der Waals surface area contributed by atoms with Crippen molar-refractivity contribution >= 4 is 33.5 Å². The summed E-state index contributed by atoms with van der Waals surface area (Å²) in [4.78, 5) is 34.8. The molecule has 1 saturated carbocycles. The lowest BCUT2D eigenvalue weighted by Crippen LogP contribution is -2.35. The van der Waals surface area contributed by atoms with Crippen LogP contribution in [0.5, 0.6) is 0 Å². The highest BCUT2D eigenvalue weighted by Gasteiger charge is 2.67. The Labute approximate surface area is 265 Å². The lowest BCUT2D eigenvalue weighted by atomic mass is 10.0. The Morgan fingerprint density at radius 3 is 2.64 bits per heavy atom. The number of hydrogen-bond donors (Lipinski definition) is 2. The number of hydrogen-bond acceptors (Lipinski definition) is 6. The van der Waals surface area contributed by atoms with E-state index in [0.717, 1.165) is 17.7 Å². The molecule has 2 amide bonds. The molecule has 0 spiro atoms. The second kappa shape index (κ2) is 10.6. The zero-order valence-corrected chi connectivity index (χ0v) is 24.9. The molecule has 3 aliphatic rings. The highest BCUT2D eigenvalue weighted by Crippen LogP contribution is 2.68. The summed E-state index contributed by atoms with van der Waals surface area (Å²) in [6.07, 6.45) is -3.15. The Morgan fingerprint density at radius 1 is 1.09 bits per heavy atom. The number of benzene rings is 2. The molecule has 1 aliphatic heterocycles. The van der Waals surface area contributed by atoms with Gasteiger partial charge in [-0.3, -0.25) is 14.3 Å². The van der Waals surface area contributed by atoms with Gasteiger partial charge in [-0.2, -0.15) is 13.9 Å². The fourth-order valence-electron chi connectivity index (χ4n) is 6.64. The topological polar surface area (TPSA) is 102 Å². The van der Waals surface area contributed by atoms with E-state index in [1.165, 1.54) is 11.3 Å². The summed E-state index contributed by atoms with van der Waals surface area (Å²) in [5.41, 5.74) is 1.26. The van der Waals surface area contributed by atoms with Crippen LogP contribution in [0.25, 0.3) is 20.9 Å². The maximum Gasteiger partial charge on any atom is 0.293 e. The van der Waals surface area contributed by atoms with Gasteiger partial charge < -0.3 is 10.6 Å². The number of carbonyl (C=O) groups excluding carboxylic acids is 2. The Morgan fingerprint density at radius 2 is 1.87 bits per heavy atom. The average Bonchev–Trinajstić information content (AvgIpc) is 3.25. The van der Waals surface area contributed by atoms with Gasteiger partial charge in [-0.15, -0.1) is 11.3 Å². The van der Waals surface area contributed by atoms with Crippen molar-refractivity contribution in [1.29, 1.82) is 0 Å². The number of amides is 2. The smallest absolute Gasteiger partial charge is 0.293 e. The standard InChI is InChI=1S/C32H22F6N6O2S/c33-16-5-13(6-17(34)9-16)7-22(40-24(45)12-44-27-25(26(43-44)28(35)36)19-10-20(19)32(27,37)38)21-3-4-23-29(41-21)42-31(47-23)14-1-2-15-11-39-30(46)18(15)8-14/h1-6,8-9,19-20,22,28H,7,10-12H2,(H,39,46)(H,40,45)/t19-,20?,22?/m0/s1. The fraction of sp³-hybridized carbons (Fsp3) is 0.281. The number of rotatable bonds is 8. The quantitative estimate of drug-likeness (QED) is 0.189. The molecule has 5 aromatic rings. The third-order valence-corrected chi connectivity index (χ3v) is 9.89. The van der Waals surface area contributed by atoms with E-state index < -0.39 is 65.7 Å². The molecule has 15 heteroatoms. The Bertz CT molecular complexity index is 2110. The molecule has 3 aromatic heterocycles. The molecule has 0 radical (unpaired) electrons. The van der Waals surface area contributed by atoms with Gasteiger partial charge in [-0.05, 0) is 60.2 Å². The third kappa shape index (κ3) is 5.03. The first-order valence-electron chi connectivity index (χ1n) is 14.7. The van der Waals surface area contributed by atoms with Crippen molar-refractivity contribution in [2.45, 2.75) is 50.2 Å². The van der Waals surface area contributed by atoms with Crippen LogP contribution in [0, 0.1) is 17.6 Å². The molecular formula is C32H22F6N6O2S. The number of alkyl halides is 4. The molecule has 2 unspecified atom stereocenters. The van der Waals surface area contributed by atoms with Crippen molar-refractivity contribution < 1.29 is 35.9 Å². The fourth-order valence-corrected chi connectivity index (χ4v) is 7.55. The summed E-state index contributed by atoms with van der Waals surface area (Å²) in [6, 6.07) is 10.6. The van der Waals surface area contributed by atoms with E-state index in [1.807, 2.05) is 12.1 Å². The summed E-state index contributed by atoms with van der Waals surface area (Å²) in [7, 11) is 0. The van der Waals surface area contributed by atoms with Gasteiger partial charge in [0.15, 0.2) is 5.65 Å². The second-order valence-electron chi connectivity index (χ2n) is 11.9. The summed E-state index contributed by atoms with van der Waals surface area (Å²) >= 11 is 1.32. The number of nitrogens with zero attached hydrogens (tertiary/aromatic N) is 4. The van der Waals surface area contributed by atoms with Gasteiger partial charge in [0.25, 0.3) is 18.3 Å². The van der Waals surface area contributed by atoms with Crippen LogP contribution in [0.1, 0.15) is 68.9 Å². The van der Waals surface area contributed by atoms with E-state index in [1.54, 1.807) is 18.2 Å². The molecule has 1 fully saturated rings. The number of nitrogens with one attached hydrogen (secondary N) is 2. The number of fused-ring (bicyclic) bond motifs is 5. The molecular weight excluding hydrogens is 646 g/mol. The predicted octanol–water partition coefficient (Wildman–Crippen LogP) is 6.32. The van der Waals surface area contributed by atoms with Crippen LogP contribution in [0.2, 0.25) is 0 Å². The highest BCUT2D eigenvalue weighted by atomic mass is 32.1. The highest BCUT2D eigenvalue weighted by molar-refractivity contribution is 7.21. The van der Waals surface area contributed by atoms with E-state index in [0.29, 0.717) is 43.8 Å². The Kier molecular flexibility index (Phi) is 6.69. The van der Waals surface area contributed by atoms with Gasteiger partial charge in [-0.1, -0.05) is 12.1 Å². The van der Waals surface area contributed by atoms with E-state index in [9.17, 15) is 27.2 Å². The van der Waals surface area contributed by atoms with Crippen molar-refractivity contribution in [2.24, 2.45) is 5.92 Å². The van der Waals surface area contributed by atoms with E-state index in [4.69, 9.17) is 0 Å². The van der Waals surface area contributed by atoms with Gasteiger partial charge >= 0.3 is 0 Å². The van der Waals surface area contributed by atoms with Crippen LogP contribution in [0.15, 0.2) is 48.5 Å². The van der Waals surface area contributed by atoms with Crippen molar-refractivity contribution in [2.75, 3.05) is 0 Å². The van der Waals surface area contributed by atoms with Gasteiger partial charge in [0, 0.05) is 35.2 Å². The van der Waals surface area contributed by atoms with Crippen LogP contribution in [0.4, 0.5) is 26.3 Å². The zero-order chi connectivity index (χ0) is 32.8. The van der Waals surface area contributed by atoms with Gasteiger partial charge in [-0.25, -0.2) is 27.5 Å². The Hall–Kier alpha value is -4.79. The van der Waals surface area contributed by atoms with Crippen LogP contribution in [-0.2, 0) is 30.2 Å². The summed E-state index contributed by atoms with van der Waals surface area (Å²) in [5, 5.41) is 9.74. The lowest BCUT2D eigenvalue weighted by molar-refractivity contribution is -0.123. The molecule has 2 aromatic carbocycles.